The van der Waals surface area contributed by atoms with Crippen molar-refractivity contribution in [1.82, 2.24) is 0 Å². The number of urea groups is 1. The highest BCUT2D eigenvalue weighted by Crippen LogP contribution is 2.29. The lowest BCUT2D eigenvalue weighted by Crippen LogP contribution is -2.57. The Morgan fingerprint density at radius 3 is 1.82 bits per heavy atom. The van der Waals surface area contributed by atoms with Crippen molar-refractivity contribution in [3.63, 3.8) is 0 Å². The van der Waals surface area contributed by atoms with Gasteiger partial charge in [-0.25, -0.2) is 19.4 Å². The van der Waals surface area contributed by atoms with E-state index >= 15 is 0 Å². The van der Waals surface area contributed by atoms with Gasteiger partial charge in [-0.05, 0) is 65.7 Å². The third kappa shape index (κ3) is 5.30. The Labute approximate surface area is 224 Å². The fourth-order valence-electron chi connectivity index (χ4n) is 4.13. The average molecular weight is 519 g/mol. The van der Waals surface area contributed by atoms with Crippen LogP contribution in [0.15, 0.2) is 115 Å². The van der Waals surface area contributed by atoms with E-state index in [1.165, 1.54) is 12.1 Å². The van der Waals surface area contributed by atoms with E-state index in [0.717, 1.165) is 9.80 Å². The van der Waals surface area contributed by atoms with Crippen LogP contribution in [0.4, 0.5) is 16.2 Å². The van der Waals surface area contributed by atoms with E-state index in [9.17, 15) is 19.2 Å². The van der Waals surface area contributed by atoms with Crippen molar-refractivity contribution in [2.24, 2.45) is 0 Å². The minimum absolute atomic E-state index is 0.165. The molecule has 0 bridgehead atoms. The fourth-order valence-corrected chi connectivity index (χ4v) is 4.13. The largest absolute Gasteiger partial charge is 0.489 e. The van der Waals surface area contributed by atoms with Gasteiger partial charge in [-0.2, -0.15) is 0 Å². The zero-order valence-electron chi connectivity index (χ0n) is 20.6. The number of para-hydroxylation sites is 2. The first-order chi connectivity index (χ1) is 18.9. The van der Waals surface area contributed by atoms with Gasteiger partial charge in [-0.15, -0.1) is 0 Å². The molecule has 39 heavy (non-hydrogen) atoms. The second kappa shape index (κ2) is 10.9. The summed E-state index contributed by atoms with van der Waals surface area (Å²) in [7, 11) is 0. The highest BCUT2D eigenvalue weighted by atomic mass is 16.5. The molecule has 1 aliphatic heterocycles. The lowest BCUT2D eigenvalue weighted by Gasteiger charge is -2.33. The number of amides is 4. The van der Waals surface area contributed by atoms with Crippen LogP contribution in [0.5, 0.6) is 5.75 Å². The van der Waals surface area contributed by atoms with Crippen LogP contribution in [0.25, 0.3) is 6.08 Å². The van der Waals surface area contributed by atoms with Gasteiger partial charge in [0.1, 0.15) is 17.9 Å². The number of carboxylic acid groups (broad SMARTS) is 1. The van der Waals surface area contributed by atoms with Gasteiger partial charge in [-0.1, -0.05) is 60.7 Å². The molecule has 4 aromatic rings. The third-order valence-corrected chi connectivity index (χ3v) is 6.05. The molecule has 1 saturated heterocycles. The molecule has 1 aliphatic rings. The molecule has 192 valence electrons. The first-order valence-electron chi connectivity index (χ1n) is 12.0. The molecule has 0 saturated carbocycles. The SMILES string of the molecule is O=C(O)c1cccc(COc2ccc(C=C3C(=O)N(c4ccccc4)C(=O)N(c4ccccc4)C3=O)cc2)c1. The molecule has 0 atom stereocenters. The van der Waals surface area contributed by atoms with Crippen molar-refractivity contribution in [3.8, 4) is 5.75 Å². The van der Waals surface area contributed by atoms with E-state index < -0.39 is 23.8 Å². The van der Waals surface area contributed by atoms with E-state index in [2.05, 4.69) is 0 Å². The maximum Gasteiger partial charge on any atom is 0.343 e. The standard InChI is InChI=1S/C31H22N2O6/c34-28-27(19-21-14-16-26(17-15-21)39-20-22-8-7-9-23(18-22)30(36)37)29(35)33(25-12-5-2-6-13-25)31(38)32(28)24-10-3-1-4-11-24/h1-19H,20H2,(H,36,37). The second-order valence-electron chi connectivity index (χ2n) is 8.66. The Hall–Kier alpha value is -5.50. The van der Waals surface area contributed by atoms with Crippen molar-refractivity contribution in [3.05, 3.63) is 131 Å². The summed E-state index contributed by atoms with van der Waals surface area (Å²) in [6.45, 7) is 0.165. The normalized spacial score (nSPS) is 13.4. The number of carbonyl (C=O) groups is 4. The van der Waals surface area contributed by atoms with Crippen LogP contribution in [0.1, 0.15) is 21.5 Å². The van der Waals surface area contributed by atoms with Crippen LogP contribution in [-0.4, -0.2) is 28.9 Å². The number of hydrogen-bond acceptors (Lipinski definition) is 5. The molecule has 0 unspecified atom stereocenters. The first-order valence-corrected chi connectivity index (χ1v) is 12.0. The van der Waals surface area contributed by atoms with Gasteiger partial charge in [-0.3, -0.25) is 9.59 Å². The lowest BCUT2D eigenvalue weighted by molar-refractivity contribution is -0.121. The first kappa shape index (κ1) is 25.2. The molecule has 1 fully saturated rings. The molecular weight excluding hydrogens is 496 g/mol. The summed E-state index contributed by atoms with van der Waals surface area (Å²) in [6.07, 6.45) is 1.45. The Balaban J connectivity index is 1.42. The summed E-state index contributed by atoms with van der Waals surface area (Å²) >= 11 is 0. The topological polar surface area (TPSA) is 104 Å². The van der Waals surface area contributed by atoms with Crippen molar-refractivity contribution in [2.45, 2.75) is 6.61 Å². The summed E-state index contributed by atoms with van der Waals surface area (Å²) in [4.78, 5) is 53.4. The molecule has 0 aromatic heterocycles. The monoisotopic (exact) mass is 518 g/mol. The van der Waals surface area contributed by atoms with E-state index in [4.69, 9.17) is 9.84 Å². The van der Waals surface area contributed by atoms with Crippen LogP contribution < -0.4 is 14.5 Å². The number of ether oxygens (including phenoxy) is 1. The van der Waals surface area contributed by atoms with Gasteiger partial charge in [0.15, 0.2) is 0 Å². The van der Waals surface area contributed by atoms with Crippen LogP contribution >= 0.6 is 0 Å². The van der Waals surface area contributed by atoms with Crippen LogP contribution in [0, 0.1) is 0 Å². The van der Waals surface area contributed by atoms with Crippen molar-refractivity contribution < 1.29 is 29.0 Å². The van der Waals surface area contributed by atoms with Crippen molar-refractivity contribution in [2.75, 3.05) is 9.80 Å². The van der Waals surface area contributed by atoms with Gasteiger partial charge < -0.3 is 9.84 Å². The molecule has 4 aromatic carbocycles. The fraction of sp³-hybridized carbons (Fsp3) is 0.0323. The zero-order valence-corrected chi connectivity index (χ0v) is 20.6. The van der Waals surface area contributed by atoms with E-state index in [1.807, 2.05) is 0 Å². The van der Waals surface area contributed by atoms with Gasteiger partial charge in [0.2, 0.25) is 0 Å². The van der Waals surface area contributed by atoms with Gasteiger partial charge in [0.05, 0.1) is 16.9 Å². The predicted octanol–water partition coefficient (Wildman–Crippen LogP) is 5.55. The number of hydrogen-bond donors (Lipinski definition) is 1. The Kier molecular flexibility index (Phi) is 7.00. The number of anilines is 2. The van der Waals surface area contributed by atoms with E-state index in [1.54, 1.807) is 103 Å². The molecule has 1 heterocycles. The zero-order chi connectivity index (χ0) is 27.4. The maximum absolute atomic E-state index is 13.5. The van der Waals surface area contributed by atoms with Crippen LogP contribution in [0.2, 0.25) is 0 Å². The molecule has 0 radical (unpaired) electrons. The van der Waals surface area contributed by atoms with Crippen molar-refractivity contribution in [1.29, 1.82) is 0 Å². The number of barbiturate groups is 1. The minimum Gasteiger partial charge on any atom is -0.489 e. The number of benzene rings is 4. The van der Waals surface area contributed by atoms with Gasteiger partial charge in [0.25, 0.3) is 11.8 Å². The summed E-state index contributed by atoms with van der Waals surface area (Å²) in [6, 6.07) is 29.3. The number of nitrogens with zero attached hydrogens (tertiary/aromatic N) is 2. The van der Waals surface area contributed by atoms with Gasteiger partial charge in [0, 0.05) is 0 Å². The summed E-state index contributed by atoms with van der Waals surface area (Å²) in [5.41, 5.74) is 1.97. The summed E-state index contributed by atoms with van der Waals surface area (Å²) in [5, 5.41) is 9.15. The van der Waals surface area contributed by atoms with Crippen molar-refractivity contribution >= 4 is 41.3 Å². The number of carboxylic acids is 1. The smallest absolute Gasteiger partial charge is 0.343 e. The molecule has 0 spiro atoms. The van der Waals surface area contributed by atoms with Crippen LogP contribution in [-0.2, 0) is 16.2 Å². The molecule has 5 rings (SSSR count). The molecule has 0 aliphatic carbocycles. The molecular formula is C31H22N2O6. The molecule has 8 heteroatoms. The third-order valence-electron chi connectivity index (χ3n) is 6.05. The lowest BCUT2D eigenvalue weighted by atomic mass is 10.0. The van der Waals surface area contributed by atoms with Crippen LogP contribution in [0.3, 0.4) is 0 Å². The maximum atomic E-state index is 13.5. The minimum atomic E-state index is -1.01. The number of rotatable bonds is 7. The molecule has 1 N–H and O–H groups in total. The molecule has 8 nitrogen and oxygen atoms in total. The Morgan fingerprint density at radius 1 is 0.718 bits per heavy atom. The average Bonchev–Trinajstić information content (AvgIpc) is 2.96. The Bertz CT molecular complexity index is 1520. The summed E-state index contributed by atoms with van der Waals surface area (Å²) < 4.78 is 5.77. The van der Waals surface area contributed by atoms with E-state index in [0.29, 0.717) is 28.3 Å². The predicted molar refractivity (Wildman–Crippen MR) is 145 cm³/mol. The van der Waals surface area contributed by atoms with E-state index in [-0.39, 0.29) is 17.7 Å². The quantitative estimate of drug-likeness (QED) is 0.254. The number of imide groups is 2. The number of aromatic carboxylic acids is 1. The highest BCUT2D eigenvalue weighted by molar-refractivity contribution is 6.46. The van der Waals surface area contributed by atoms with Gasteiger partial charge >= 0.3 is 12.0 Å². The second-order valence-corrected chi connectivity index (χ2v) is 8.66. The number of carbonyl (C=O) groups excluding carboxylic acids is 3. The Morgan fingerprint density at radius 2 is 1.28 bits per heavy atom. The highest BCUT2D eigenvalue weighted by Gasteiger charge is 2.43. The molecule has 4 amide bonds. The summed E-state index contributed by atoms with van der Waals surface area (Å²) in [5.74, 6) is -1.94.